The number of fused-ring (bicyclic) bond motifs is 1. The Hall–Kier alpha value is -1.58. The first-order valence-corrected chi connectivity index (χ1v) is 2.83. The summed E-state index contributed by atoms with van der Waals surface area (Å²) in [7, 11) is 0. The van der Waals surface area contributed by atoms with Crippen LogP contribution in [0.25, 0.3) is 12.2 Å². The number of aromatic nitrogens is 3. The molecule has 0 aromatic carbocycles. The van der Waals surface area contributed by atoms with Gasteiger partial charge in [-0.3, -0.25) is 9.89 Å². The smallest absolute Gasteiger partial charge is 0.247 e. The Balaban J connectivity index is 3.24. The van der Waals surface area contributed by atoms with Crippen LogP contribution in [0, 0.1) is 0 Å². The minimum atomic E-state index is -0.134. The van der Waals surface area contributed by atoms with Crippen molar-refractivity contribution in [2.45, 2.75) is 0 Å². The maximum atomic E-state index is 11.0. The molecule has 4 heteroatoms. The lowest BCUT2D eigenvalue weighted by molar-refractivity contribution is 0.953. The molecule has 0 atom stereocenters. The van der Waals surface area contributed by atoms with E-state index in [1.807, 2.05) is 0 Å². The summed E-state index contributed by atoms with van der Waals surface area (Å²) in [6, 6.07) is 0. The number of nitrogens with zero attached hydrogens (tertiary/aromatic N) is 2. The maximum absolute atomic E-state index is 11.0. The summed E-state index contributed by atoms with van der Waals surface area (Å²) in [5.41, 5.74) is 0.273. The van der Waals surface area contributed by atoms with E-state index in [9.17, 15) is 4.79 Å². The zero-order valence-corrected chi connectivity index (χ0v) is 5.16. The Morgan fingerprint density at radius 3 is 3.20 bits per heavy atom. The summed E-state index contributed by atoms with van der Waals surface area (Å²) in [4.78, 5) is 14.8. The lowest BCUT2D eigenvalue weighted by Crippen LogP contribution is -2.19. The summed E-state index contributed by atoms with van der Waals surface area (Å²) in [5.74, 6) is 0. The molecule has 2 aromatic heterocycles. The highest BCUT2D eigenvalue weighted by molar-refractivity contribution is 5.36. The van der Waals surface area contributed by atoms with E-state index in [0.29, 0.717) is 11.0 Å². The quantitative estimate of drug-likeness (QED) is 0.511. The number of imidazole rings is 1. The van der Waals surface area contributed by atoms with E-state index in [2.05, 4.69) is 16.7 Å². The molecule has 0 saturated heterocycles. The lowest BCUT2D eigenvalue weighted by atomic mass is 10.6. The highest BCUT2D eigenvalue weighted by Gasteiger charge is 1.99. The van der Waals surface area contributed by atoms with Gasteiger partial charge in [-0.1, -0.05) is 6.58 Å². The van der Waals surface area contributed by atoms with Crippen molar-refractivity contribution < 1.29 is 0 Å². The van der Waals surface area contributed by atoms with Crippen LogP contribution in [0.3, 0.4) is 0 Å². The highest BCUT2D eigenvalue weighted by atomic mass is 16.1. The van der Waals surface area contributed by atoms with Crippen molar-refractivity contribution in [3.05, 3.63) is 28.0 Å². The van der Waals surface area contributed by atoms with Gasteiger partial charge in [0.25, 0.3) is 0 Å². The second kappa shape index (κ2) is 1.47. The van der Waals surface area contributed by atoms with Gasteiger partial charge in [-0.05, 0) is 0 Å². The summed E-state index contributed by atoms with van der Waals surface area (Å²) in [5, 5.41) is 3.12. The van der Waals surface area contributed by atoms with Crippen LogP contribution < -0.4 is 10.8 Å². The molecule has 0 spiro atoms. The van der Waals surface area contributed by atoms with Gasteiger partial charge in [-0.2, -0.15) is 0 Å². The molecule has 0 radical (unpaired) electrons. The van der Waals surface area contributed by atoms with Crippen LogP contribution >= 0.6 is 0 Å². The van der Waals surface area contributed by atoms with E-state index < -0.39 is 0 Å². The summed E-state index contributed by atoms with van der Waals surface area (Å²) < 4.78 is 1.55. The fourth-order valence-corrected chi connectivity index (χ4v) is 0.893. The van der Waals surface area contributed by atoms with Crippen LogP contribution in [0.2, 0.25) is 0 Å². The van der Waals surface area contributed by atoms with Gasteiger partial charge in [0, 0.05) is 12.4 Å². The predicted molar refractivity (Wildman–Crippen MR) is 36.6 cm³/mol. The Morgan fingerprint density at radius 1 is 1.70 bits per heavy atom. The number of H-pyrrole nitrogens is 1. The molecule has 2 rings (SSSR count). The molecule has 4 nitrogen and oxygen atoms in total. The molecule has 0 aliphatic heterocycles. The topological polar surface area (TPSA) is 50.2 Å². The average Bonchev–Trinajstić information content (AvgIpc) is 2.41. The molecule has 2 heterocycles. The van der Waals surface area contributed by atoms with Crippen molar-refractivity contribution in [2.24, 2.45) is 0 Å². The van der Waals surface area contributed by atoms with Gasteiger partial charge in [0.2, 0.25) is 11.1 Å². The first-order valence-electron chi connectivity index (χ1n) is 2.83. The Bertz CT molecular complexity index is 453. The summed E-state index contributed by atoms with van der Waals surface area (Å²) in [6.45, 7) is 3.50. The van der Waals surface area contributed by atoms with Crippen molar-refractivity contribution in [2.75, 3.05) is 0 Å². The van der Waals surface area contributed by atoms with Gasteiger partial charge >= 0.3 is 0 Å². The van der Waals surface area contributed by atoms with E-state index in [-0.39, 0.29) is 5.43 Å². The van der Waals surface area contributed by atoms with Gasteiger partial charge in [0.15, 0.2) is 0 Å². The molecule has 10 heavy (non-hydrogen) atoms. The van der Waals surface area contributed by atoms with Crippen LogP contribution in [-0.4, -0.2) is 14.6 Å². The molecular weight excluding hydrogens is 130 g/mol. The van der Waals surface area contributed by atoms with E-state index >= 15 is 0 Å². The standard InChI is InChI=1S/C6H5N3O/c1-4-5(10)6-7-2-3-9(6)8-4/h2-3,8H,1H2. The van der Waals surface area contributed by atoms with Gasteiger partial charge in [-0.25, -0.2) is 9.50 Å². The maximum Gasteiger partial charge on any atom is 0.247 e. The second-order valence-corrected chi connectivity index (χ2v) is 2.04. The van der Waals surface area contributed by atoms with Crippen molar-refractivity contribution in [3.8, 4) is 0 Å². The molecule has 0 bridgehead atoms. The van der Waals surface area contributed by atoms with Crippen LogP contribution in [0.15, 0.2) is 17.2 Å². The van der Waals surface area contributed by atoms with E-state index in [4.69, 9.17) is 0 Å². The molecule has 50 valence electrons. The van der Waals surface area contributed by atoms with E-state index in [0.717, 1.165) is 0 Å². The first-order chi connectivity index (χ1) is 4.79. The molecule has 0 aliphatic carbocycles. The SMILES string of the molecule is C=c1[nH]n2ccnc2c1=O. The number of rotatable bonds is 0. The highest BCUT2D eigenvalue weighted by Crippen LogP contribution is 1.84. The molecule has 0 amide bonds. The summed E-state index contributed by atoms with van der Waals surface area (Å²) in [6.07, 6.45) is 3.23. The van der Waals surface area contributed by atoms with Gasteiger partial charge in [-0.15, -0.1) is 0 Å². The minimum Gasteiger partial charge on any atom is -0.289 e. The fraction of sp³-hybridized carbons (Fsp3) is 0. The van der Waals surface area contributed by atoms with Crippen molar-refractivity contribution in [1.82, 2.24) is 14.6 Å². The number of hydrogen-bond acceptors (Lipinski definition) is 2. The van der Waals surface area contributed by atoms with Crippen LogP contribution in [0.4, 0.5) is 0 Å². The Morgan fingerprint density at radius 2 is 2.50 bits per heavy atom. The van der Waals surface area contributed by atoms with Gasteiger partial charge in [0.1, 0.15) is 0 Å². The zero-order valence-electron chi connectivity index (χ0n) is 5.16. The zero-order chi connectivity index (χ0) is 7.14. The van der Waals surface area contributed by atoms with Crippen molar-refractivity contribution >= 4 is 12.2 Å². The van der Waals surface area contributed by atoms with Crippen LogP contribution in [-0.2, 0) is 0 Å². The third-order valence-electron chi connectivity index (χ3n) is 1.37. The molecule has 0 saturated carbocycles. The Kier molecular flexibility index (Phi) is 0.768. The molecule has 0 unspecified atom stereocenters. The molecule has 0 fully saturated rings. The van der Waals surface area contributed by atoms with Crippen molar-refractivity contribution in [1.29, 1.82) is 0 Å². The third kappa shape index (κ3) is 0.452. The van der Waals surface area contributed by atoms with Crippen LogP contribution in [0.1, 0.15) is 0 Å². The lowest BCUT2D eigenvalue weighted by Gasteiger charge is -1.74. The number of aromatic amines is 1. The first kappa shape index (κ1) is 5.22. The van der Waals surface area contributed by atoms with E-state index in [1.165, 1.54) is 0 Å². The molecule has 1 N–H and O–H groups in total. The Labute approximate surface area is 55.8 Å². The van der Waals surface area contributed by atoms with Crippen LogP contribution in [0.5, 0.6) is 0 Å². The third-order valence-corrected chi connectivity index (χ3v) is 1.37. The molecule has 0 aliphatic rings. The number of nitrogens with one attached hydrogen (secondary N) is 1. The molecular formula is C6H5N3O. The normalized spacial score (nSPS) is 10.8. The second-order valence-electron chi connectivity index (χ2n) is 2.04. The monoisotopic (exact) mass is 135 g/mol. The molecule has 2 aromatic rings. The largest absolute Gasteiger partial charge is 0.289 e. The van der Waals surface area contributed by atoms with Gasteiger partial charge < -0.3 is 0 Å². The summed E-state index contributed by atoms with van der Waals surface area (Å²) >= 11 is 0. The van der Waals surface area contributed by atoms with E-state index in [1.54, 1.807) is 16.9 Å². The number of hydrogen-bond donors (Lipinski definition) is 1. The predicted octanol–water partition coefficient (Wildman–Crippen LogP) is -0.848. The minimum absolute atomic E-state index is 0.134. The van der Waals surface area contributed by atoms with Gasteiger partial charge in [0.05, 0.1) is 5.35 Å². The average molecular weight is 135 g/mol. The van der Waals surface area contributed by atoms with Crippen molar-refractivity contribution in [3.63, 3.8) is 0 Å². The fourth-order valence-electron chi connectivity index (χ4n) is 0.893.